The van der Waals surface area contributed by atoms with Crippen LogP contribution in [0.2, 0.25) is 0 Å². The molecule has 0 fully saturated rings. The third-order valence-electron chi connectivity index (χ3n) is 3.74. The van der Waals surface area contributed by atoms with Gasteiger partial charge in [-0.3, -0.25) is 0 Å². The van der Waals surface area contributed by atoms with E-state index in [0.29, 0.717) is 18.3 Å². The topological polar surface area (TPSA) is 69.7 Å². The summed E-state index contributed by atoms with van der Waals surface area (Å²) in [5.41, 5.74) is -3.11. The van der Waals surface area contributed by atoms with Crippen molar-refractivity contribution in [1.29, 1.82) is 0 Å². The van der Waals surface area contributed by atoms with Crippen molar-refractivity contribution < 1.29 is 33.6 Å². The molecule has 0 saturated carbocycles. The zero-order chi connectivity index (χ0) is 22.0. The van der Waals surface area contributed by atoms with E-state index in [-0.39, 0.29) is 12.2 Å². The molecule has 0 heterocycles. The monoisotopic (exact) mass is 544 g/mol. The molecule has 2 aromatic rings. The van der Waals surface area contributed by atoms with Crippen LogP contribution in [0.15, 0.2) is 36.4 Å². The second-order valence-corrected chi connectivity index (χ2v) is 12.5. The van der Waals surface area contributed by atoms with Crippen molar-refractivity contribution in [2.75, 3.05) is 6.61 Å². The first-order chi connectivity index (χ1) is 13.4. The Morgan fingerprint density at radius 2 is 1.55 bits per heavy atom. The van der Waals surface area contributed by atoms with Gasteiger partial charge in [0.1, 0.15) is 0 Å². The number of ether oxygens (including phenoxy) is 1. The normalized spacial score (nSPS) is 12.6. The molecule has 2 rings (SSSR count). The Kier molecular flexibility index (Phi) is 7.33. The molecular weight excluding hydrogens is 524 g/mol. The van der Waals surface area contributed by atoms with E-state index in [0.717, 1.165) is 5.56 Å². The van der Waals surface area contributed by atoms with E-state index in [2.05, 4.69) is 0 Å². The third kappa shape index (κ3) is 5.48. The molecule has 0 unspecified atom stereocenters. The van der Waals surface area contributed by atoms with Gasteiger partial charge in [-0.1, -0.05) is 0 Å². The number of hydrogen-bond acceptors (Lipinski definition) is 5. The Morgan fingerprint density at radius 1 is 1.03 bits per heavy atom. The number of hydrogen-bond donors (Lipinski definition) is 0. The number of halogens is 4. The first-order valence-electron chi connectivity index (χ1n) is 8.43. The molecule has 0 bridgehead atoms. The minimum absolute atomic E-state index is 0.174. The second kappa shape index (κ2) is 9.00. The Bertz CT molecular complexity index is 978. The first kappa shape index (κ1) is 23.6. The predicted octanol–water partition coefficient (Wildman–Crippen LogP) is 5.12. The zero-order valence-corrected chi connectivity index (χ0v) is 19.1. The Morgan fingerprint density at radius 3 is 2.00 bits per heavy atom. The van der Waals surface area contributed by atoms with Gasteiger partial charge in [0.15, 0.2) is 0 Å². The van der Waals surface area contributed by atoms with Gasteiger partial charge in [-0.25, -0.2) is 0 Å². The van der Waals surface area contributed by atoms with Gasteiger partial charge in [-0.2, -0.15) is 0 Å². The van der Waals surface area contributed by atoms with E-state index in [1.807, 2.05) is 6.92 Å². The summed E-state index contributed by atoms with van der Waals surface area (Å²) in [6.07, 6.45) is 0. The molecule has 2 aromatic carbocycles. The van der Waals surface area contributed by atoms with Gasteiger partial charge >= 0.3 is 176 Å². The number of benzene rings is 2. The summed E-state index contributed by atoms with van der Waals surface area (Å²) < 4.78 is 73.0. The van der Waals surface area contributed by atoms with Gasteiger partial charge in [0.25, 0.3) is 0 Å². The van der Waals surface area contributed by atoms with Crippen LogP contribution in [0.5, 0.6) is 0 Å². The summed E-state index contributed by atoms with van der Waals surface area (Å²) in [6.45, 7) is 7.07. The van der Waals surface area contributed by atoms with Gasteiger partial charge in [-0.05, 0) is 0 Å². The van der Waals surface area contributed by atoms with Crippen LogP contribution in [0, 0.1) is 27.9 Å². The molecule has 0 aromatic heterocycles. The van der Waals surface area contributed by atoms with Gasteiger partial charge in [-0.15, -0.1) is 0 Å². The van der Waals surface area contributed by atoms with Crippen LogP contribution in [-0.4, -0.2) is 26.5 Å². The van der Waals surface area contributed by atoms with Gasteiger partial charge in [0.05, 0.1) is 0 Å². The van der Waals surface area contributed by atoms with E-state index < -0.39 is 41.8 Å². The Labute approximate surface area is 175 Å². The van der Waals surface area contributed by atoms with Crippen LogP contribution in [-0.2, 0) is 17.4 Å². The molecule has 10 heteroatoms. The first-order valence-corrected chi connectivity index (χ1v) is 12.9. The number of rotatable bonds is 6. The molecule has 29 heavy (non-hydrogen) atoms. The third-order valence-corrected chi connectivity index (χ3v) is 11.6. The van der Waals surface area contributed by atoms with E-state index in [1.165, 1.54) is 24.3 Å². The summed E-state index contributed by atoms with van der Waals surface area (Å²) in [5.74, 6) is -0.578. The number of carbonyl (C=O) groups is 1. The molecular formula is C19H20F3IO5S. The maximum atomic E-state index is 13.0. The molecule has 5 nitrogen and oxygen atoms in total. The van der Waals surface area contributed by atoms with Crippen molar-refractivity contribution in [1.82, 2.24) is 0 Å². The summed E-state index contributed by atoms with van der Waals surface area (Å²) >= 11 is -3.53. The van der Waals surface area contributed by atoms with Crippen LogP contribution in [0.3, 0.4) is 0 Å². The SMILES string of the molecule is CCOC(=O)c1ccc(I(OS(=O)(=O)C(F)(F)F)c2c(C)cc(C)cc2C)cc1. The standard InChI is InChI=1S/C19H20F3IO5S/c1-5-27-18(24)15-6-8-16(9-7-15)23(28-29(25,26)19(20,21)22)17-13(3)10-12(2)11-14(17)4/h6-11H,5H2,1-4H3. The number of alkyl halides is 3. The van der Waals surface area contributed by atoms with Crippen molar-refractivity contribution in [3.05, 3.63) is 65.8 Å². The summed E-state index contributed by atoms with van der Waals surface area (Å²) in [4.78, 5) is 11.8. The molecule has 0 radical (unpaired) electrons. The van der Waals surface area contributed by atoms with Crippen molar-refractivity contribution in [3.63, 3.8) is 0 Å². The molecule has 160 valence electrons. The van der Waals surface area contributed by atoms with Crippen LogP contribution in [0.25, 0.3) is 0 Å². The van der Waals surface area contributed by atoms with Crippen molar-refractivity contribution in [3.8, 4) is 0 Å². The van der Waals surface area contributed by atoms with Crippen LogP contribution in [0.1, 0.15) is 34.0 Å². The molecule has 0 atom stereocenters. The molecule has 0 spiro atoms. The summed E-state index contributed by atoms with van der Waals surface area (Å²) in [7, 11) is -5.79. The van der Waals surface area contributed by atoms with Crippen LogP contribution >= 0.6 is 20.2 Å². The van der Waals surface area contributed by atoms with Gasteiger partial charge in [0, 0.05) is 0 Å². The number of aryl methyl sites for hydroxylation is 3. The van der Waals surface area contributed by atoms with Crippen LogP contribution in [0.4, 0.5) is 13.2 Å². The Balaban J connectivity index is 2.59. The molecule has 0 saturated heterocycles. The summed E-state index contributed by atoms with van der Waals surface area (Å²) in [5, 5.41) is 0. The average molecular weight is 544 g/mol. The fourth-order valence-corrected chi connectivity index (χ4v) is 9.70. The van der Waals surface area contributed by atoms with Crippen molar-refractivity contribution in [2.24, 2.45) is 0 Å². The van der Waals surface area contributed by atoms with Gasteiger partial charge in [0.2, 0.25) is 0 Å². The Hall–Kier alpha value is -1.66. The van der Waals surface area contributed by atoms with Crippen LogP contribution < -0.4 is 0 Å². The molecule has 0 N–H and O–H groups in total. The molecule has 0 amide bonds. The molecule has 0 aliphatic heterocycles. The van der Waals surface area contributed by atoms with Crippen molar-refractivity contribution >= 4 is 36.3 Å². The number of carbonyl (C=O) groups excluding carboxylic acids is 1. The van der Waals surface area contributed by atoms with E-state index in [9.17, 15) is 26.4 Å². The fourth-order valence-electron chi connectivity index (χ4n) is 2.64. The minimum atomic E-state index is -5.79. The average Bonchev–Trinajstić information content (AvgIpc) is 2.59. The van der Waals surface area contributed by atoms with E-state index >= 15 is 0 Å². The predicted molar refractivity (Wildman–Crippen MR) is 111 cm³/mol. The second-order valence-electron chi connectivity index (χ2n) is 6.15. The maximum absolute atomic E-state index is 13.0. The van der Waals surface area contributed by atoms with Crippen molar-refractivity contribution in [2.45, 2.75) is 33.2 Å². The van der Waals surface area contributed by atoms with Gasteiger partial charge < -0.3 is 0 Å². The van der Waals surface area contributed by atoms with E-state index in [1.54, 1.807) is 32.9 Å². The molecule has 0 aliphatic rings. The quantitative estimate of drug-likeness (QED) is 0.287. The fraction of sp³-hybridized carbons (Fsp3) is 0.316. The number of esters is 1. The van der Waals surface area contributed by atoms with E-state index in [4.69, 9.17) is 7.25 Å². The molecule has 0 aliphatic carbocycles. The summed E-state index contributed by atoms with van der Waals surface area (Å²) in [6, 6.07) is 9.15. The zero-order valence-electron chi connectivity index (χ0n) is 16.1.